The number of hydrogen-bond donors (Lipinski definition) is 2. The zero-order chi connectivity index (χ0) is 13.5. The number of anilines is 1. The number of aromatic nitrogens is 3. The number of amides is 1. The molecule has 100 valence electrons. The molecule has 0 unspecified atom stereocenters. The van der Waals surface area contributed by atoms with Crippen LogP contribution in [0.25, 0.3) is 0 Å². The molecule has 19 heavy (non-hydrogen) atoms. The third-order valence-electron chi connectivity index (χ3n) is 2.52. The molecule has 2 rings (SSSR count). The van der Waals surface area contributed by atoms with Crippen molar-refractivity contribution in [2.24, 2.45) is 0 Å². The monoisotopic (exact) mass is 260 g/mol. The lowest BCUT2D eigenvalue weighted by Gasteiger charge is -2.06. The number of rotatable bonds is 6. The molecule has 6 heteroatoms. The standard InChI is InChI=1S/C13H16N4O2/c1-10-4-6-11(7-5-10)19-8-2-3-13(18)15-12-9-14-17-16-12/h4-7,9H,2-3,8H2,1H3,(H2,14,15,16,17,18). The van der Waals surface area contributed by atoms with Crippen LogP contribution in [-0.2, 0) is 4.79 Å². The Labute approximate surface area is 111 Å². The van der Waals surface area contributed by atoms with E-state index in [1.54, 1.807) is 0 Å². The minimum atomic E-state index is -0.0959. The van der Waals surface area contributed by atoms with Crippen molar-refractivity contribution in [3.63, 3.8) is 0 Å². The molecule has 0 atom stereocenters. The highest BCUT2D eigenvalue weighted by Crippen LogP contribution is 2.11. The summed E-state index contributed by atoms with van der Waals surface area (Å²) in [5.74, 6) is 1.16. The number of hydrogen-bond acceptors (Lipinski definition) is 4. The van der Waals surface area contributed by atoms with E-state index < -0.39 is 0 Å². The van der Waals surface area contributed by atoms with Crippen molar-refractivity contribution in [3.8, 4) is 5.75 Å². The number of aryl methyl sites for hydroxylation is 1. The minimum absolute atomic E-state index is 0.0959. The molecule has 0 aliphatic carbocycles. The van der Waals surface area contributed by atoms with Gasteiger partial charge in [-0.3, -0.25) is 4.79 Å². The number of aromatic amines is 1. The number of nitrogens with zero attached hydrogens (tertiary/aromatic N) is 2. The Morgan fingerprint density at radius 3 is 2.84 bits per heavy atom. The van der Waals surface area contributed by atoms with Crippen LogP contribution < -0.4 is 10.1 Å². The zero-order valence-electron chi connectivity index (χ0n) is 10.7. The van der Waals surface area contributed by atoms with Gasteiger partial charge in [-0.15, -0.1) is 5.10 Å². The Kier molecular flexibility index (Phi) is 4.49. The molecule has 1 heterocycles. The van der Waals surface area contributed by atoms with Crippen molar-refractivity contribution in [1.29, 1.82) is 0 Å². The Morgan fingerprint density at radius 1 is 1.37 bits per heavy atom. The summed E-state index contributed by atoms with van der Waals surface area (Å²) in [4.78, 5) is 11.5. The minimum Gasteiger partial charge on any atom is -0.494 e. The second kappa shape index (κ2) is 6.53. The summed E-state index contributed by atoms with van der Waals surface area (Å²) in [6, 6.07) is 7.83. The highest BCUT2D eigenvalue weighted by atomic mass is 16.5. The fourth-order valence-electron chi connectivity index (χ4n) is 1.52. The van der Waals surface area contributed by atoms with E-state index in [1.165, 1.54) is 11.8 Å². The van der Waals surface area contributed by atoms with Crippen LogP contribution in [0.5, 0.6) is 5.75 Å². The lowest BCUT2D eigenvalue weighted by atomic mass is 10.2. The Bertz CT molecular complexity index is 508. The molecule has 1 amide bonds. The molecule has 0 bridgehead atoms. The van der Waals surface area contributed by atoms with Gasteiger partial charge in [0.25, 0.3) is 0 Å². The first-order chi connectivity index (χ1) is 9.24. The largest absolute Gasteiger partial charge is 0.494 e. The summed E-state index contributed by atoms with van der Waals surface area (Å²) in [7, 11) is 0. The Morgan fingerprint density at radius 2 is 2.16 bits per heavy atom. The molecule has 0 saturated heterocycles. The smallest absolute Gasteiger partial charge is 0.225 e. The van der Waals surface area contributed by atoms with Gasteiger partial charge in [0.05, 0.1) is 12.8 Å². The predicted molar refractivity (Wildman–Crippen MR) is 70.9 cm³/mol. The van der Waals surface area contributed by atoms with E-state index in [0.717, 1.165) is 5.75 Å². The fourth-order valence-corrected chi connectivity index (χ4v) is 1.52. The molecule has 0 aliphatic rings. The third kappa shape index (κ3) is 4.42. The van der Waals surface area contributed by atoms with Gasteiger partial charge in [-0.1, -0.05) is 17.7 Å². The molecular weight excluding hydrogens is 244 g/mol. The topological polar surface area (TPSA) is 79.9 Å². The fraction of sp³-hybridized carbons (Fsp3) is 0.308. The van der Waals surface area contributed by atoms with Crippen molar-refractivity contribution >= 4 is 11.7 Å². The van der Waals surface area contributed by atoms with Gasteiger partial charge in [-0.25, -0.2) is 0 Å². The summed E-state index contributed by atoms with van der Waals surface area (Å²) in [5.41, 5.74) is 1.19. The second-order valence-electron chi connectivity index (χ2n) is 4.17. The van der Waals surface area contributed by atoms with Crippen LogP contribution in [0.1, 0.15) is 18.4 Å². The van der Waals surface area contributed by atoms with Gasteiger partial charge in [0.15, 0.2) is 5.82 Å². The lowest BCUT2D eigenvalue weighted by Crippen LogP contribution is -2.13. The van der Waals surface area contributed by atoms with Gasteiger partial charge >= 0.3 is 0 Å². The number of nitrogens with one attached hydrogen (secondary N) is 2. The highest BCUT2D eigenvalue weighted by molar-refractivity contribution is 5.89. The van der Waals surface area contributed by atoms with Crippen LogP contribution in [0.15, 0.2) is 30.5 Å². The van der Waals surface area contributed by atoms with Gasteiger partial charge in [-0.2, -0.15) is 10.3 Å². The average Bonchev–Trinajstić information content (AvgIpc) is 2.89. The third-order valence-corrected chi connectivity index (χ3v) is 2.52. The van der Waals surface area contributed by atoms with Gasteiger partial charge < -0.3 is 10.1 Å². The van der Waals surface area contributed by atoms with Gasteiger partial charge in [0.1, 0.15) is 5.75 Å². The van der Waals surface area contributed by atoms with Crippen LogP contribution in [0.3, 0.4) is 0 Å². The van der Waals surface area contributed by atoms with Gasteiger partial charge in [-0.05, 0) is 25.5 Å². The summed E-state index contributed by atoms with van der Waals surface area (Å²) in [6.07, 6.45) is 2.50. The quantitative estimate of drug-likeness (QED) is 0.777. The predicted octanol–water partition coefficient (Wildman–Crippen LogP) is 1.91. The van der Waals surface area contributed by atoms with E-state index in [1.807, 2.05) is 31.2 Å². The molecule has 6 nitrogen and oxygen atoms in total. The van der Waals surface area contributed by atoms with E-state index in [4.69, 9.17) is 4.74 Å². The van der Waals surface area contributed by atoms with E-state index in [9.17, 15) is 4.79 Å². The van der Waals surface area contributed by atoms with E-state index in [-0.39, 0.29) is 5.91 Å². The molecule has 1 aromatic heterocycles. The molecule has 0 saturated carbocycles. The Balaban J connectivity index is 1.64. The summed E-state index contributed by atoms with van der Waals surface area (Å²) in [5, 5.41) is 12.4. The molecule has 2 N–H and O–H groups in total. The van der Waals surface area contributed by atoms with Crippen LogP contribution >= 0.6 is 0 Å². The summed E-state index contributed by atoms with van der Waals surface area (Å²) >= 11 is 0. The number of carbonyl (C=O) groups excluding carboxylic acids is 1. The molecule has 0 radical (unpaired) electrons. The van der Waals surface area contributed by atoms with Crippen LogP contribution in [0.4, 0.5) is 5.82 Å². The SMILES string of the molecule is Cc1ccc(OCCCC(=O)Nc2cn[nH]n2)cc1. The molecular formula is C13H16N4O2. The van der Waals surface area contributed by atoms with Crippen molar-refractivity contribution in [3.05, 3.63) is 36.0 Å². The first-order valence-corrected chi connectivity index (χ1v) is 6.09. The van der Waals surface area contributed by atoms with Crippen molar-refractivity contribution in [2.75, 3.05) is 11.9 Å². The van der Waals surface area contributed by atoms with Crippen molar-refractivity contribution < 1.29 is 9.53 Å². The van der Waals surface area contributed by atoms with Crippen LogP contribution in [0.2, 0.25) is 0 Å². The number of H-pyrrole nitrogens is 1. The van der Waals surface area contributed by atoms with E-state index in [2.05, 4.69) is 20.7 Å². The first-order valence-electron chi connectivity index (χ1n) is 6.09. The van der Waals surface area contributed by atoms with Crippen molar-refractivity contribution in [2.45, 2.75) is 19.8 Å². The van der Waals surface area contributed by atoms with Gasteiger partial charge in [0, 0.05) is 6.42 Å². The number of carbonyl (C=O) groups is 1. The molecule has 0 fully saturated rings. The first kappa shape index (κ1) is 13.1. The molecule has 0 spiro atoms. The van der Waals surface area contributed by atoms with Crippen molar-refractivity contribution in [1.82, 2.24) is 15.4 Å². The zero-order valence-corrected chi connectivity index (χ0v) is 10.7. The molecule has 1 aromatic carbocycles. The maximum Gasteiger partial charge on any atom is 0.225 e. The van der Waals surface area contributed by atoms with Gasteiger partial charge in [0.2, 0.25) is 5.91 Å². The van der Waals surface area contributed by atoms with E-state index in [0.29, 0.717) is 25.3 Å². The van der Waals surface area contributed by atoms with Crippen LogP contribution in [-0.4, -0.2) is 27.9 Å². The summed E-state index contributed by atoms with van der Waals surface area (Å²) < 4.78 is 5.53. The van der Waals surface area contributed by atoms with E-state index >= 15 is 0 Å². The summed E-state index contributed by atoms with van der Waals surface area (Å²) in [6.45, 7) is 2.54. The highest BCUT2D eigenvalue weighted by Gasteiger charge is 2.04. The van der Waals surface area contributed by atoms with Crippen LogP contribution in [0, 0.1) is 6.92 Å². The second-order valence-corrected chi connectivity index (χ2v) is 4.17. The normalized spacial score (nSPS) is 10.2. The molecule has 0 aliphatic heterocycles. The average molecular weight is 260 g/mol. The Hall–Kier alpha value is -2.37. The maximum atomic E-state index is 11.5. The number of ether oxygens (including phenoxy) is 1. The molecule has 2 aromatic rings. The lowest BCUT2D eigenvalue weighted by molar-refractivity contribution is -0.116. The maximum absolute atomic E-state index is 11.5. The number of benzene rings is 1.